The second kappa shape index (κ2) is 9.32. The highest BCUT2D eigenvalue weighted by Crippen LogP contribution is 2.36. The van der Waals surface area contributed by atoms with Crippen LogP contribution in [0.2, 0.25) is 0 Å². The lowest BCUT2D eigenvalue weighted by Gasteiger charge is -2.18. The number of nitrogens with two attached hydrogens (primary N) is 5. The molecule has 1 aromatic heterocycles. The minimum atomic E-state index is -4.35. The van der Waals surface area contributed by atoms with Gasteiger partial charge in [0, 0.05) is 17.7 Å². The van der Waals surface area contributed by atoms with Crippen LogP contribution in [0.1, 0.15) is 12.0 Å². The molecule has 13 N–H and O–H groups in total. The zero-order valence-electron chi connectivity index (χ0n) is 17.0. The van der Waals surface area contributed by atoms with E-state index in [1.807, 2.05) is 0 Å². The van der Waals surface area contributed by atoms with E-state index in [1.165, 1.54) is 6.07 Å². The van der Waals surface area contributed by atoms with Gasteiger partial charge in [-0.25, -0.2) is 18.5 Å². The number of sulfonamides is 1. The highest BCUT2D eigenvalue weighted by Gasteiger charge is 2.31. The predicted octanol–water partition coefficient (Wildman–Crippen LogP) is -0.968. The van der Waals surface area contributed by atoms with Crippen LogP contribution in [0.25, 0.3) is 22.2 Å². The summed E-state index contributed by atoms with van der Waals surface area (Å²) in [5.41, 5.74) is 13.5. The molecule has 1 fully saturated rings. The van der Waals surface area contributed by atoms with Crippen LogP contribution in [-0.4, -0.2) is 46.8 Å². The minimum absolute atomic E-state index is 0.0499. The number of hydrogen-bond donors (Lipinski definition) is 8. The normalized spacial score (nSPS) is 17.0. The largest absolute Gasteiger partial charge is 0.384 e. The molecule has 3 aromatic rings. The molecule has 1 saturated heterocycles. The molecular formula is C18H25N9O3S2. The van der Waals surface area contributed by atoms with Gasteiger partial charge in [-0.05, 0) is 30.7 Å². The van der Waals surface area contributed by atoms with Gasteiger partial charge in [-0.1, -0.05) is 18.2 Å². The zero-order valence-corrected chi connectivity index (χ0v) is 18.6. The Balaban J connectivity index is 0.00000141. The number of rotatable bonds is 5. The number of nitrogens with one attached hydrogen (secondary N) is 3. The van der Waals surface area contributed by atoms with E-state index >= 15 is 0 Å². The molecule has 1 aliphatic rings. The van der Waals surface area contributed by atoms with Crippen molar-refractivity contribution in [2.24, 2.45) is 22.6 Å². The lowest BCUT2D eigenvalue weighted by Crippen LogP contribution is -2.26. The van der Waals surface area contributed by atoms with Crippen molar-refractivity contribution < 1.29 is 12.6 Å². The monoisotopic (exact) mass is 479 g/mol. The Kier molecular flexibility index (Phi) is 6.92. The summed E-state index contributed by atoms with van der Waals surface area (Å²) in [7, 11) is -6.00. The van der Waals surface area contributed by atoms with Crippen LogP contribution in [-0.2, 0) is 20.8 Å². The Bertz CT molecular complexity index is 1300. The van der Waals surface area contributed by atoms with E-state index in [0.717, 1.165) is 0 Å². The molecule has 1 aliphatic heterocycles. The van der Waals surface area contributed by atoms with Crippen LogP contribution in [0.3, 0.4) is 0 Å². The Morgan fingerprint density at radius 3 is 2.50 bits per heavy atom. The Morgan fingerprint density at radius 2 is 1.91 bits per heavy atom. The first-order valence-corrected chi connectivity index (χ1v) is 12.2. The zero-order chi connectivity index (χ0) is 23.6. The number of nitrogen functional groups attached to an aromatic ring is 2. The van der Waals surface area contributed by atoms with Gasteiger partial charge < -0.3 is 21.8 Å². The van der Waals surface area contributed by atoms with E-state index in [2.05, 4.69) is 27.0 Å². The summed E-state index contributed by atoms with van der Waals surface area (Å²) in [6.45, 7) is 1.20. The van der Waals surface area contributed by atoms with E-state index in [1.54, 1.807) is 24.3 Å². The highest BCUT2D eigenvalue weighted by atomic mass is 32.2. The molecule has 2 unspecified atom stereocenters. The van der Waals surface area contributed by atoms with Crippen LogP contribution >= 0.6 is 0 Å². The quantitative estimate of drug-likeness (QED) is 0.0968. The molecule has 0 radical (unpaired) electrons. The minimum Gasteiger partial charge on any atom is -0.384 e. The fourth-order valence-electron chi connectivity index (χ4n) is 3.76. The number of H-pyrrole nitrogens is 1. The lowest BCUT2D eigenvalue weighted by molar-refractivity contribution is 0.594. The highest BCUT2D eigenvalue weighted by molar-refractivity contribution is 7.91. The number of imidazole rings is 1. The van der Waals surface area contributed by atoms with Crippen molar-refractivity contribution in [2.45, 2.75) is 21.5 Å². The predicted molar refractivity (Wildman–Crippen MR) is 124 cm³/mol. The van der Waals surface area contributed by atoms with Crippen LogP contribution in [0.5, 0.6) is 0 Å². The molecule has 0 spiro atoms. The third kappa shape index (κ3) is 4.36. The molecule has 0 aliphatic carbocycles. The molecule has 14 heteroatoms. The fourth-order valence-corrected chi connectivity index (χ4v) is 6.65. The maximum atomic E-state index is 13.2. The van der Waals surface area contributed by atoms with E-state index < -0.39 is 31.6 Å². The van der Waals surface area contributed by atoms with Crippen molar-refractivity contribution in [3.05, 3.63) is 35.9 Å². The molecule has 0 amide bonds. The number of fused-ring (bicyclic) bond motifs is 1. The summed E-state index contributed by atoms with van der Waals surface area (Å²) in [6.07, 6.45) is 0.639. The second-order valence-corrected chi connectivity index (χ2v) is 10.2. The number of amidine groups is 1. The number of nitrogens with zero attached hydrogens (tertiary/aromatic N) is 1. The Morgan fingerprint density at radius 1 is 1.19 bits per heavy atom. The molecule has 12 nitrogen and oxygen atoms in total. The lowest BCUT2D eigenvalue weighted by atomic mass is 9.97. The van der Waals surface area contributed by atoms with Crippen LogP contribution in [0, 0.1) is 5.41 Å². The van der Waals surface area contributed by atoms with Gasteiger partial charge in [0.1, 0.15) is 10.7 Å². The van der Waals surface area contributed by atoms with Gasteiger partial charge >= 0.3 is 0 Å². The van der Waals surface area contributed by atoms with Crippen molar-refractivity contribution in [3.8, 4) is 11.1 Å². The summed E-state index contributed by atoms with van der Waals surface area (Å²) in [5.74, 6) is 7.69. The molecule has 2 aromatic carbocycles. The number of hydrazine groups is 1. The van der Waals surface area contributed by atoms with Crippen molar-refractivity contribution >= 4 is 43.6 Å². The van der Waals surface area contributed by atoms with Crippen LogP contribution in [0.4, 0.5) is 5.95 Å². The molecule has 2 atom stereocenters. The van der Waals surface area contributed by atoms with Crippen molar-refractivity contribution in [1.29, 1.82) is 5.41 Å². The number of para-hydroxylation sites is 1. The van der Waals surface area contributed by atoms with Crippen LogP contribution in [0.15, 0.2) is 40.1 Å². The first-order chi connectivity index (χ1) is 15.2. The van der Waals surface area contributed by atoms with Crippen molar-refractivity contribution in [1.82, 2.24) is 15.3 Å². The maximum Gasteiger partial charge on any atom is 0.240 e. The van der Waals surface area contributed by atoms with E-state index in [0.29, 0.717) is 41.7 Å². The van der Waals surface area contributed by atoms with Gasteiger partial charge in [0.15, 0.2) is 5.95 Å². The smallest absolute Gasteiger partial charge is 0.240 e. The van der Waals surface area contributed by atoms with E-state index in [4.69, 9.17) is 22.0 Å². The second-order valence-electron chi connectivity index (χ2n) is 7.01. The number of aromatic amines is 1. The van der Waals surface area contributed by atoms with Crippen molar-refractivity contribution in [3.63, 3.8) is 0 Å². The summed E-state index contributed by atoms with van der Waals surface area (Å²) in [4.78, 5) is 6.84. The van der Waals surface area contributed by atoms with E-state index in [9.17, 15) is 12.6 Å². The van der Waals surface area contributed by atoms with Gasteiger partial charge in [-0.3, -0.25) is 21.3 Å². The SMILES string of the molecule is N=C(N)c1c(-c2cccc3[nH]c(N)nc23)ccc(S(=O)C2CCNC2)c1S(N)(=O)=O.NN. The number of aromatic nitrogens is 2. The summed E-state index contributed by atoms with van der Waals surface area (Å²) in [6, 6.07) is 8.30. The third-order valence-electron chi connectivity index (χ3n) is 5.03. The van der Waals surface area contributed by atoms with Gasteiger partial charge in [-0.15, -0.1) is 0 Å². The van der Waals surface area contributed by atoms with Gasteiger partial charge in [-0.2, -0.15) is 0 Å². The average molecular weight is 480 g/mol. The number of benzene rings is 2. The molecule has 172 valence electrons. The van der Waals surface area contributed by atoms with E-state index in [-0.39, 0.29) is 21.7 Å². The molecule has 2 heterocycles. The average Bonchev–Trinajstić information content (AvgIpc) is 3.41. The summed E-state index contributed by atoms with van der Waals surface area (Å²) < 4.78 is 38.3. The number of hydrogen-bond acceptors (Lipinski definition) is 9. The molecular weight excluding hydrogens is 454 g/mol. The standard InChI is InChI=1S/C18H21N7O3S2.H4N2/c19-17(20)14-10(11-2-1-3-12-15(11)25-18(21)24-12)4-5-13(16(14)30(22,27)28)29(26)9-6-7-23-8-9;1-2/h1-5,9,23H,6-8H2,(H3,19,20)(H3,21,24,25)(H2,22,27,28);1-2H2. The van der Waals surface area contributed by atoms with Crippen LogP contribution < -0.4 is 33.6 Å². The first kappa shape index (κ1) is 23.8. The Labute approximate surface area is 186 Å². The molecule has 0 bridgehead atoms. The molecule has 0 saturated carbocycles. The number of anilines is 1. The summed E-state index contributed by atoms with van der Waals surface area (Å²) in [5, 5.41) is 16.5. The van der Waals surface area contributed by atoms with Gasteiger partial charge in [0.2, 0.25) is 10.0 Å². The molecule has 32 heavy (non-hydrogen) atoms. The third-order valence-corrected chi connectivity index (χ3v) is 7.94. The molecule has 4 rings (SSSR count). The maximum absolute atomic E-state index is 13.2. The topological polar surface area (TPSA) is 246 Å². The Hall–Kier alpha value is -2.88. The first-order valence-electron chi connectivity index (χ1n) is 9.42. The van der Waals surface area contributed by atoms with Crippen molar-refractivity contribution in [2.75, 3.05) is 18.8 Å². The fraction of sp³-hybridized carbons (Fsp3) is 0.222. The number of primary sulfonamides is 1. The summed E-state index contributed by atoms with van der Waals surface area (Å²) >= 11 is 0. The van der Waals surface area contributed by atoms with Gasteiger partial charge in [0.25, 0.3) is 0 Å². The van der Waals surface area contributed by atoms with Gasteiger partial charge in [0.05, 0.1) is 32.0 Å².